The van der Waals surface area contributed by atoms with Gasteiger partial charge in [-0.25, -0.2) is 0 Å². The topological polar surface area (TPSA) is 27.7 Å². The Morgan fingerprint density at radius 3 is 2.58 bits per heavy atom. The molecule has 0 spiro atoms. The van der Waals surface area contributed by atoms with E-state index < -0.39 is 8.60 Å². The van der Waals surface area contributed by atoms with E-state index in [1.165, 1.54) is 19.3 Å². The van der Waals surface area contributed by atoms with Gasteiger partial charge in [0.05, 0.1) is 19.8 Å². The Balaban J connectivity index is 1.81. The SMILES string of the molecule is CCCCCCOP1OCCO1. The summed E-state index contributed by atoms with van der Waals surface area (Å²) in [5.74, 6) is 0. The molecule has 0 atom stereocenters. The van der Waals surface area contributed by atoms with Crippen LogP contribution in [0.5, 0.6) is 0 Å². The van der Waals surface area contributed by atoms with Crippen LogP contribution in [0, 0.1) is 0 Å². The average molecular weight is 192 g/mol. The lowest BCUT2D eigenvalue weighted by molar-refractivity contribution is 0.241. The van der Waals surface area contributed by atoms with Gasteiger partial charge in [-0.1, -0.05) is 26.2 Å². The van der Waals surface area contributed by atoms with Crippen molar-refractivity contribution < 1.29 is 13.6 Å². The van der Waals surface area contributed by atoms with Gasteiger partial charge in [0, 0.05) is 0 Å². The second-order valence-corrected chi connectivity index (χ2v) is 4.01. The summed E-state index contributed by atoms with van der Waals surface area (Å²) < 4.78 is 15.7. The molecule has 1 rings (SSSR count). The Morgan fingerprint density at radius 1 is 1.17 bits per heavy atom. The van der Waals surface area contributed by atoms with Gasteiger partial charge < -0.3 is 13.6 Å². The Bertz CT molecular complexity index is 104. The quantitative estimate of drug-likeness (QED) is 0.478. The van der Waals surface area contributed by atoms with Crippen LogP contribution in [0.4, 0.5) is 0 Å². The molecule has 3 nitrogen and oxygen atoms in total. The van der Waals surface area contributed by atoms with Crippen molar-refractivity contribution in [2.45, 2.75) is 32.6 Å². The van der Waals surface area contributed by atoms with Gasteiger partial charge in [0.15, 0.2) is 0 Å². The second kappa shape index (κ2) is 6.79. The smallest absolute Gasteiger partial charge is 0.312 e. The van der Waals surface area contributed by atoms with Crippen molar-refractivity contribution in [3.8, 4) is 0 Å². The molecule has 1 saturated heterocycles. The van der Waals surface area contributed by atoms with E-state index in [0.29, 0.717) is 13.2 Å². The van der Waals surface area contributed by atoms with E-state index >= 15 is 0 Å². The largest absolute Gasteiger partial charge is 0.332 e. The zero-order valence-corrected chi connectivity index (χ0v) is 8.52. The van der Waals surface area contributed by atoms with E-state index in [9.17, 15) is 0 Å². The highest BCUT2D eigenvalue weighted by molar-refractivity contribution is 7.41. The van der Waals surface area contributed by atoms with Gasteiger partial charge in [-0.2, -0.15) is 0 Å². The van der Waals surface area contributed by atoms with Gasteiger partial charge in [0.25, 0.3) is 0 Å². The van der Waals surface area contributed by atoms with Gasteiger partial charge in [0.1, 0.15) is 0 Å². The van der Waals surface area contributed by atoms with E-state index in [0.717, 1.165) is 13.0 Å². The predicted molar refractivity (Wildman–Crippen MR) is 48.9 cm³/mol. The lowest BCUT2D eigenvalue weighted by Crippen LogP contribution is -1.89. The van der Waals surface area contributed by atoms with Gasteiger partial charge in [-0.15, -0.1) is 0 Å². The molecule has 0 aliphatic carbocycles. The first-order chi connectivity index (χ1) is 5.93. The fourth-order valence-electron chi connectivity index (χ4n) is 1.00. The summed E-state index contributed by atoms with van der Waals surface area (Å²) in [4.78, 5) is 0. The lowest BCUT2D eigenvalue weighted by atomic mass is 10.2. The maximum Gasteiger partial charge on any atom is 0.332 e. The van der Waals surface area contributed by atoms with Crippen LogP contribution in [0.25, 0.3) is 0 Å². The summed E-state index contributed by atoms with van der Waals surface area (Å²) >= 11 is 0. The molecule has 1 heterocycles. The van der Waals surface area contributed by atoms with Crippen molar-refractivity contribution in [1.82, 2.24) is 0 Å². The Hall–Kier alpha value is 0.310. The van der Waals surface area contributed by atoms with E-state index in [1.807, 2.05) is 0 Å². The minimum absolute atomic E-state index is 0.695. The molecule has 0 aromatic rings. The van der Waals surface area contributed by atoms with E-state index in [-0.39, 0.29) is 0 Å². The Kier molecular flexibility index (Phi) is 5.88. The predicted octanol–water partition coefficient (Wildman–Crippen LogP) is 2.86. The minimum atomic E-state index is -0.966. The van der Waals surface area contributed by atoms with Crippen LogP contribution in [0.2, 0.25) is 0 Å². The molecular weight excluding hydrogens is 175 g/mol. The van der Waals surface area contributed by atoms with E-state index in [1.54, 1.807) is 0 Å². The standard InChI is InChI=1S/C8H17O3P/c1-2-3-4-5-6-9-12-10-7-8-11-12/h2-8H2,1H3. The van der Waals surface area contributed by atoms with Gasteiger partial charge in [0.2, 0.25) is 0 Å². The zero-order valence-electron chi connectivity index (χ0n) is 7.62. The van der Waals surface area contributed by atoms with Crippen molar-refractivity contribution in [1.29, 1.82) is 0 Å². The molecule has 0 N–H and O–H groups in total. The molecule has 12 heavy (non-hydrogen) atoms. The van der Waals surface area contributed by atoms with Crippen LogP contribution in [-0.4, -0.2) is 19.8 Å². The molecule has 1 fully saturated rings. The highest BCUT2D eigenvalue weighted by Gasteiger charge is 2.17. The summed E-state index contributed by atoms with van der Waals surface area (Å²) in [5, 5.41) is 0. The fraction of sp³-hybridized carbons (Fsp3) is 1.00. The van der Waals surface area contributed by atoms with Crippen LogP contribution in [0.3, 0.4) is 0 Å². The maximum absolute atomic E-state index is 5.37. The first kappa shape index (κ1) is 10.4. The monoisotopic (exact) mass is 192 g/mol. The molecule has 0 saturated carbocycles. The number of rotatable bonds is 6. The summed E-state index contributed by atoms with van der Waals surface area (Å²) in [6, 6.07) is 0. The lowest BCUT2D eigenvalue weighted by Gasteiger charge is -2.06. The van der Waals surface area contributed by atoms with Crippen LogP contribution in [0.15, 0.2) is 0 Å². The van der Waals surface area contributed by atoms with Gasteiger partial charge in [-0.3, -0.25) is 0 Å². The van der Waals surface area contributed by atoms with Gasteiger partial charge in [-0.05, 0) is 6.42 Å². The Labute approximate surface area is 75.4 Å². The first-order valence-electron chi connectivity index (χ1n) is 4.62. The van der Waals surface area contributed by atoms with Crippen molar-refractivity contribution in [3.05, 3.63) is 0 Å². The molecule has 4 heteroatoms. The molecule has 0 aromatic heterocycles. The third kappa shape index (κ3) is 4.36. The summed E-state index contributed by atoms with van der Waals surface area (Å²) in [6.07, 6.45) is 4.93. The first-order valence-corrected chi connectivity index (χ1v) is 5.72. The Morgan fingerprint density at radius 2 is 1.92 bits per heavy atom. The van der Waals surface area contributed by atoms with Crippen LogP contribution in [-0.2, 0) is 13.6 Å². The van der Waals surface area contributed by atoms with Crippen LogP contribution < -0.4 is 0 Å². The summed E-state index contributed by atoms with van der Waals surface area (Å²) in [6.45, 7) is 4.38. The third-order valence-corrected chi connectivity index (χ3v) is 2.85. The van der Waals surface area contributed by atoms with Crippen molar-refractivity contribution in [2.24, 2.45) is 0 Å². The number of hydrogen-bond acceptors (Lipinski definition) is 3. The maximum atomic E-state index is 5.37. The summed E-state index contributed by atoms with van der Waals surface area (Å²) in [5.41, 5.74) is 0. The van der Waals surface area contributed by atoms with E-state index in [4.69, 9.17) is 13.6 Å². The molecule has 0 aromatic carbocycles. The van der Waals surface area contributed by atoms with Crippen molar-refractivity contribution >= 4 is 8.60 Å². The zero-order chi connectivity index (χ0) is 8.65. The molecule has 0 amide bonds. The highest BCUT2D eigenvalue weighted by atomic mass is 31.2. The highest BCUT2D eigenvalue weighted by Crippen LogP contribution is 2.43. The molecule has 1 aliphatic rings. The molecule has 72 valence electrons. The minimum Gasteiger partial charge on any atom is -0.312 e. The normalized spacial score (nSPS) is 18.8. The molecule has 0 bridgehead atoms. The fourth-order valence-corrected chi connectivity index (χ4v) is 1.95. The third-order valence-electron chi connectivity index (χ3n) is 1.67. The molecule has 0 unspecified atom stereocenters. The van der Waals surface area contributed by atoms with Gasteiger partial charge >= 0.3 is 8.60 Å². The van der Waals surface area contributed by atoms with Crippen molar-refractivity contribution in [3.63, 3.8) is 0 Å². The average Bonchev–Trinajstić information content (AvgIpc) is 2.57. The molecule has 0 radical (unpaired) electrons. The van der Waals surface area contributed by atoms with Crippen molar-refractivity contribution in [2.75, 3.05) is 19.8 Å². The summed E-state index contributed by atoms with van der Waals surface area (Å²) in [7, 11) is -0.966. The number of unbranched alkanes of at least 4 members (excludes halogenated alkanes) is 3. The number of hydrogen-bond donors (Lipinski definition) is 0. The molecule has 1 aliphatic heterocycles. The van der Waals surface area contributed by atoms with E-state index in [2.05, 4.69) is 6.92 Å². The second-order valence-electron chi connectivity index (χ2n) is 2.78. The molecular formula is C8H17O3P. The van der Waals surface area contributed by atoms with Crippen LogP contribution in [0.1, 0.15) is 32.6 Å². The van der Waals surface area contributed by atoms with Crippen LogP contribution >= 0.6 is 8.60 Å².